The quantitative estimate of drug-likeness (QED) is 0.589. The fourth-order valence-electron chi connectivity index (χ4n) is 5.04. The average molecular weight is 479 g/mol. The summed E-state index contributed by atoms with van der Waals surface area (Å²) in [6.45, 7) is 2.01. The largest absolute Gasteiger partial charge is 0.352 e. The molecule has 1 fully saturated rings. The Morgan fingerprint density at radius 1 is 1.09 bits per heavy atom. The van der Waals surface area contributed by atoms with Crippen molar-refractivity contribution < 1.29 is 9.59 Å². The number of rotatable bonds is 6. The van der Waals surface area contributed by atoms with Gasteiger partial charge in [0, 0.05) is 43.4 Å². The summed E-state index contributed by atoms with van der Waals surface area (Å²) in [6, 6.07) is 9.86. The van der Waals surface area contributed by atoms with Crippen LogP contribution < -0.4 is 10.9 Å². The van der Waals surface area contributed by atoms with Crippen molar-refractivity contribution in [3.63, 3.8) is 0 Å². The standard InChI is InChI=1S/C26H30N4O3S/c31-22(29-13-10-19(11-14-29)24(32)27-16-18-6-2-1-3-7-18)12-15-30-17-28-25-23(26(30)33)20-8-4-5-9-21(20)34-25/h1-3,6-7,17,19H,4-5,8-16H2,(H,27,32). The van der Waals surface area contributed by atoms with Gasteiger partial charge in [0.1, 0.15) is 4.83 Å². The maximum Gasteiger partial charge on any atom is 0.262 e. The Morgan fingerprint density at radius 3 is 2.65 bits per heavy atom. The lowest BCUT2D eigenvalue weighted by Gasteiger charge is -2.31. The van der Waals surface area contributed by atoms with Gasteiger partial charge in [-0.15, -0.1) is 11.3 Å². The van der Waals surface area contributed by atoms with Gasteiger partial charge in [-0.25, -0.2) is 4.98 Å². The molecule has 1 aliphatic carbocycles. The summed E-state index contributed by atoms with van der Waals surface area (Å²) in [5.74, 6) is 0.0234. The van der Waals surface area contributed by atoms with E-state index in [1.165, 1.54) is 16.9 Å². The Balaban J connectivity index is 1.13. The van der Waals surface area contributed by atoms with Crippen LogP contribution in [0.1, 0.15) is 48.1 Å². The number of likely N-dealkylation sites (tertiary alicyclic amines) is 1. The molecule has 2 amide bonds. The van der Waals surface area contributed by atoms with E-state index in [2.05, 4.69) is 10.3 Å². The second kappa shape index (κ2) is 10.1. The van der Waals surface area contributed by atoms with Gasteiger partial charge in [-0.3, -0.25) is 19.0 Å². The van der Waals surface area contributed by atoms with Crippen LogP contribution in [0.2, 0.25) is 0 Å². The minimum Gasteiger partial charge on any atom is -0.352 e. The molecule has 0 saturated carbocycles. The predicted octanol–water partition coefficient (Wildman–Crippen LogP) is 3.28. The highest BCUT2D eigenvalue weighted by molar-refractivity contribution is 7.18. The third-order valence-corrected chi connectivity index (χ3v) is 8.24. The lowest BCUT2D eigenvalue weighted by atomic mass is 9.95. The van der Waals surface area contributed by atoms with Gasteiger partial charge in [0.25, 0.3) is 5.56 Å². The van der Waals surface area contributed by atoms with Crippen LogP contribution >= 0.6 is 11.3 Å². The van der Waals surface area contributed by atoms with E-state index >= 15 is 0 Å². The molecule has 8 heteroatoms. The molecule has 0 radical (unpaired) electrons. The van der Waals surface area contributed by atoms with Crippen molar-refractivity contribution in [2.24, 2.45) is 5.92 Å². The first kappa shape index (κ1) is 22.8. The van der Waals surface area contributed by atoms with Crippen LogP contribution in [0.25, 0.3) is 10.2 Å². The Morgan fingerprint density at radius 2 is 1.85 bits per heavy atom. The molecular formula is C26H30N4O3S. The third kappa shape index (κ3) is 4.78. The van der Waals surface area contributed by atoms with Gasteiger partial charge in [-0.1, -0.05) is 30.3 Å². The molecule has 0 bridgehead atoms. The summed E-state index contributed by atoms with van der Waals surface area (Å²) < 4.78 is 1.59. The molecule has 0 atom stereocenters. The molecule has 3 heterocycles. The Bertz CT molecular complexity index is 1240. The lowest BCUT2D eigenvalue weighted by molar-refractivity contribution is -0.135. The van der Waals surface area contributed by atoms with Crippen molar-refractivity contribution in [3.05, 3.63) is 63.0 Å². The molecule has 2 aromatic heterocycles. The number of fused-ring (bicyclic) bond motifs is 3. The number of nitrogens with zero attached hydrogens (tertiary/aromatic N) is 3. The molecule has 1 saturated heterocycles. The van der Waals surface area contributed by atoms with Crippen LogP contribution in [0, 0.1) is 5.92 Å². The van der Waals surface area contributed by atoms with E-state index in [1.807, 2.05) is 35.2 Å². The number of aryl methyl sites for hydroxylation is 3. The molecule has 0 spiro atoms. The molecule has 7 nitrogen and oxygen atoms in total. The Kier molecular flexibility index (Phi) is 6.76. The zero-order valence-electron chi connectivity index (χ0n) is 19.3. The third-order valence-electron chi connectivity index (χ3n) is 7.04. The van der Waals surface area contributed by atoms with E-state index in [1.54, 1.807) is 22.2 Å². The number of carbonyl (C=O) groups is 2. The first-order chi connectivity index (χ1) is 16.6. The van der Waals surface area contributed by atoms with Crippen LogP contribution in [0.15, 0.2) is 41.5 Å². The van der Waals surface area contributed by atoms with Crippen LogP contribution in [-0.2, 0) is 35.5 Å². The first-order valence-corrected chi connectivity index (χ1v) is 13.0. The predicted molar refractivity (Wildman–Crippen MR) is 133 cm³/mol. The Hall–Kier alpha value is -3.00. The second-order valence-electron chi connectivity index (χ2n) is 9.24. The zero-order valence-corrected chi connectivity index (χ0v) is 20.1. The molecule has 178 valence electrons. The van der Waals surface area contributed by atoms with Crippen LogP contribution in [0.3, 0.4) is 0 Å². The number of hydrogen-bond acceptors (Lipinski definition) is 5. The number of hydrogen-bond donors (Lipinski definition) is 1. The van der Waals surface area contributed by atoms with Gasteiger partial charge < -0.3 is 10.2 Å². The summed E-state index contributed by atoms with van der Waals surface area (Å²) in [5, 5.41) is 3.77. The fraction of sp³-hybridized carbons (Fsp3) is 0.462. The highest BCUT2D eigenvalue weighted by atomic mass is 32.1. The summed E-state index contributed by atoms with van der Waals surface area (Å²) >= 11 is 1.64. The highest BCUT2D eigenvalue weighted by Crippen LogP contribution is 2.33. The van der Waals surface area contributed by atoms with E-state index in [0.717, 1.165) is 35.0 Å². The molecule has 3 aromatic rings. The molecule has 1 aliphatic heterocycles. The number of aromatic nitrogens is 2. The minimum atomic E-state index is -0.0632. The molecular weight excluding hydrogens is 448 g/mol. The number of benzene rings is 1. The summed E-state index contributed by atoms with van der Waals surface area (Å²) in [6.07, 6.45) is 7.46. The number of amides is 2. The maximum absolute atomic E-state index is 13.1. The van der Waals surface area contributed by atoms with Crippen molar-refractivity contribution in [3.8, 4) is 0 Å². The zero-order chi connectivity index (χ0) is 23.5. The normalized spacial score (nSPS) is 16.4. The number of piperidine rings is 1. The molecule has 34 heavy (non-hydrogen) atoms. The van der Waals surface area contributed by atoms with E-state index in [4.69, 9.17) is 0 Å². The maximum atomic E-state index is 13.1. The molecule has 1 N–H and O–H groups in total. The van der Waals surface area contributed by atoms with Crippen molar-refractivity contribution in [1.29, 1.82) is 0 Å². The lowest BCUT2D eigenvalue weighted by Crippen LogP contribution is -2.43. The fourth-order valence-corrected chi connectivity index (χ4v) is 6.25. The SMILES string of the molecule is O=C(NCc1ccccc1)C1CCN(C(=O)CCn2cnc3sc4c(c3c2=O)CCCC4)CC1. The number of nitrogens with one attached hydrogen (secondary N) is 1. The number of carbonyl (C=O) groups excluding carboxylic acids is 2. The van der Waals surface area contributed by atoms with Crippen LogP contribution in [-0.4, -0.2) is 39.4 Å². The van der Waals surface area contributed by atoms with Gasteiger partial charge in [0.05, 0.1) is 11.7 Å². The van der Waals surface area contributed by atoms with E-state index < -0.39 is 0 Å². The van der Waals surface area contributed by atoms with Crippen LogP contribution in [0.5, 0.6) is 0 Å². The smallest absolute Gasteiger partial charge is 0.262 e. The summed E-state index contributed by atoms with van der Waals surface area (Å²) in [5.41, 5.74) is 2.23. The van der Waals surface area contributed by atoms with Crippen molar-refractivity contribution >= 4 is 33.4 Å². The molecule has 2 aliphatic rings. The molecule has 1 aromatic carbocycles. The highest BCUT2D eigenvalue weighted by Gasteiger charge is 2.27. The van der Waals surface area contributed by atoms with Crippen molar-refractivity contribution in [2.45, 2.75) is 58.0 Å². The van der Waals surface area contributed by atoms with E-state index in [9.17, 15) is 14.4 Å². The van der Waals surface area contributed by atoms with E-state index in [-0.39, 0.29) is 29.7 Å². The second-order valence-corrected chi connectivity index (χ2v) is 10.3. The molecule has 5 rings (SSSR count). The van der Waals surface area contributed by atoms with Gasteiger partial charge in [-0.2, -0.15) is 0 Å². The Labute approximate surface area is 202 Å². The molecule has 0 unspecified atom stereocenters. The minimum absolute atomic E-state index is 0.0222. The summed E-state index contributed by atoms with van der Waals surface area (Å²) in [7, 11) is 0. The topological polar surface area (TPSA) is 84.3 Å². The monoisotopic (exact) mass is 478 g/mol. The number of thiophene rings is 1. The van der Waals surface area contributed by atoms with E-state index in [0.29, 0.717) is 39.0 Å². The first-order valence-electron chi connectivity index (χ1n) is 12.2. The van der Waals surface area contributed by atoms with Crippen molar-refractivity contribution in [2.75, 3.05) is 13.1 Å². The summed E-state index contributed by atoms with van der Waals surface area (Å²) in [4.78, 5) is 46.9. The van der Waals surface area contributed by atoms with Gasteiger partial charge >= 0.3 is 0 Å². The average Bonchev–Trinajstić information content (AvgIpc) is 3.27. The van der Waals surface area contributed by atoms with Gasteiger partial charge in [0.2, 0.25) is 11.8 Å². The van der Waals surface area contributed by atoms with Gasteiger partial charge in [0.15, 0.2) is 0 Å². The van der Waals surface area contributed by atoms with Crippen LogP contribution in [0.4, 0.5) is 0 Å². The van der Waals surface area contributed by atoms with Gasteiger partial charge in [-0.05, 0) is 49.7 Å². The van der Waals surface area contributed by atoms with Crippen molar-refractivity contribution in [1.82, 2.24) is 19.8 Å².